The van der Waals surface area contributed by atoms with Crippen molar-refractivity contribution >= 4 is 0 Å². The first-order chi connectivity index (χ1) is 15.1. The van der Waals surface area contributed by atoms with Crippen LogP contribution in [0.25, 0.3) is 0 Å². The maximum Gasteiger partial charge on any atom is 0.113 e. The van der Waals surface area contributed by atoms with Crippen LogP contribution in [0.4, 0.5) is 0 Å². The van der Waals surface area contributed by atoms with Crippen LogP contribution in [0.5, 0.6) is 0 Å². The summed E-state index contributed by atoms with van der Waals surface area (Å²) in [6.07, 6.45) is -4.27. The molecule has 1 fully saturated rings. The molecule has 172 valence electrons. The maximum absolute atomic E-state index is 10.4. The lowest BCUT2D eigenvalue weighted by molar-refractivity contribution is -0.231. The van der Waals surface area contributed by atoms with Crippen LogP contribution in [0.2, 0.25) is 0 Å². The average molecular weight is 442 g/mol. The van der Waals surface area contributed by atoms with Gasteiger partial charge in [0.1, 0.15) is 30.5 Å². The molecule has 2 aromatic carbocycles. The minimum absolute atomic E-state index is 0.486. The number of hydrogen-bond acceptors (Lipinski definition) is 7. The Morgan fingerprint density at radius 2 is 1.62 bits per heavy atom. The minimum Gasteiger partial charge on any atom is -0.394 e. The van der Waals surface area contributed by atoms with E-state index < -0.39 is 42.7 Å². The van der Waals surface area contributed by atoms with Crippen LogP contribution in [0.15, 0.2) is 42.5 Å². The zero-order valence-corrected chi connectivity index (χ0v) is 18.3. The summed E-state index contributed by atoms with van der Waals surface area (Å²) in [5, 5.41) is 59.4. The summed E-state index contributed by atoms with van der Waals surface area (Å²) in [5.74, 6) is 0. The van der Waals surface area contributed by atoms with E-state index in [9.17, 15) is 30.8 Å². The molecule has 5 N–H and O–H groups in total. The predicted octanol–water partition coefficient (Wildman–Crippen LogP) is 1.37. The van der Waals surface area contributed by atoms with Crippen LogP contribution in [0.1, 0.15) is 54.2 Å². The van der Waals surface area contributed by atoms with E-state index in [4.69, 9.17) is 4.74 Å². The monoisotopic (exact) mass is 441 g/mol. The van der Waals surface area contributed by atoms with Crippen molar-refractivity contribution in [2.75, 3.05) is 6.61 Å². The summed E-state index contributed by atoms with van der Waals surface area (Å²) in [7, 11) is 0. The first-order valence-corrected chi connectivity index (χ1v) is 10.8. The van der Waals surface area contributed by atoms with Gasteiger partial charge in [-0.25, -0.2) is 0 Å². The van der Waals surface area contributed by atoms with Crippen molar-refractivity contribution in [3.8, 4) is 6.07 Å². The Bertz CT molecular complexity index is 944. The SMILES string of the molecule is CC(C)(O)CCc1ccc(Cc2cc([C@@H]3O[C@H](CO)C(O)C(O)C3O)ccc2C#N)cc1. The van der Waals surface area contributed by atoms with Gasteiger partial charge in [0.05, 0.1) is 23.8 Å². The first-order valence-electron chi connectivity index (χ1n) is 10.8. The van der Waals surface area contributed by atoms with E-state index in [0.717, 1.165) is 23.1 Å². The van der Waals surface area contributed by atoms with E-state index in [0.29, 0.717) is 24.0 Å². The summed E-state index contributed by atoms with van der Waals surface area (Å²) in [6, 6.07) is 15.2. The van der Waals surface area contributed by atoms with Gasteiger partial charge >= 0.3 is 0 Å². The Hall–Kier alpha value is -2.31. The Morgan fingerprint density at radius 1 is 0.969 bits per heavy atom. The predicted molar refractivity (Wildman–Crippen MR) is 118 cm³/mol. The second-order valence-corrected chi connectivity index (χ2v) is 9.08. The largest absolute Gasteiger partial charge is 0.394 e. The summed E-state index contributed by atoms with van der Waals surface area (Å²) in [6.45, 7) is 3.07. The topological polar surface area (TPSA) is 134 Å². The molecule has 0 aliphatic carbocycles. The molecule has 0 radical (unpaired) electrons. The molecular weight excluding hydrogens is 410 g/mol. The minimum atomic E-state index is -1.46. The molecule has 5 atom stereocenters. The molecule has 1 heterocycles. The molecule has 1 aliphatic rings. The van der Waals surface area contributed by atoms with Gasteiger partial charge in [-0.2, -0.15) is 5.26 Å². The van der Waals surface area contributed by atoms with Gasteiger partial charge in [0.25, 0.3) is 0 Å². The van der Waals surface area contributed by atoms with E-state index in [1.165, 1.54) is 0 Å². The van der Waals surface area contributed by atoms with E-state index in [1.54, 1.807) is 32.0 Å². The van der Waals surface area contributed by atoms with Crippen LogP contribution in [0, 0.1) is 11.3 Å². The third kappa shape index (κ3) is 5.73. The highest BCUT2D eigenvalue weighted by atomic mass is 16.5. The number of hydrogen-bond donors (Lipinski definition) is 5. The fraction of sp³-hybridized carbons (Fsp3) is 0.480. The molecule has 1 saturated heterocycles. The Morgan fingerprint density at radius 3 is 2.22 bits per heavy atom. The van der Waals surface area contributed by atoms with Crippen LogP contribution >= 0.6 is 0 Å². The van der Waals surface area contributed by atoms with Gasteiger partial charge in [0, 0.05) is 0 Å². The highest BCUT2D eigenvalue weighted by molar-refractivity contribution is 5.44. The lowest BCUT2D eigenvalue weighted by atomic mass is 9.89. The lowest BCUT2D eigenvalue weighted by Gasteiger charge is -2.40. The van der Waals surface area contributed by atoms with Crippen LogP contribution < -0.4 is 0 Å². The molecule has 3 rings (SSSR count). The number of rotatable bonds is 7. The van der Waals surface area contributed by atoms with Crippen molar-refractivity contribution in [3.63, 3.8) is 0 Å². The van der Waals surface area contributed by atoms with E-state index in [-0.39, 0.29) is 0 Å². The molecule has 0 amide bonds. The first kappa shape index (κ1) is 24.3. The molecular formula is C25H31NO6. The molecule has 1 aliphatic heterocycles. The van der Waals surface area contributed by atoms with Gasteiger partial charge in [-0.1, -0.05) is 36.4 Å². The third-order valence-corrected chi connectivity index (χ3v) is 5.91. The molecule has 7 nitrogen and oxygen atoms in total. The molecule has 0 saturated carbocycles. The van der Waals surface area contributed by atoms with Crippen LogP contribution in [0.3, 0.4) is 0 Å². The van der Waals surface area contributed by atoms with Gasteiger partial charge in [0.2, 0.25) is 0 Å². The number of aryl methyl sites for hydroxylation is 1. The van der Waals surface area contributed by atoms with Gasteiger partial charge < -0.3 is 30.3 Å². The van der Waals surface area contributed by atoms with Crippen LogP contribution in [-0.4, -0.2) is 62.2 Å². The van der Waals surface area contributed by atoms with Gasteiger partial charge in [-0.3, -0.25) is 0 Å². The quantitative estimate of drug-likeness (QED) is 0.438. The molecule has 3 unspecified atom stereocenters. The van der Waals surface area contributed by atoms with E-state index >= 15 is 0 Å². The standard InChI is InChI=1S/C25H31NO6/c1-25(2,31)10-9-15-3-5-16(6-4-15)11-19-12-17(7-8-18(19)13-26)24-23(30)22(29)21(28)20(14-27)32-24/h3-8,12,20-24,27-31H,9-11,14H2,1-2H3/t20-,21?,22?,23?,24+/m1/s1. The number of ether oxygens (including phenoxy) is 1. The van der Waals surface area contributed by atoms with Gasteiger partial charge in [-0.05, 0) is 61.4 Å². The Labute approximate surface area is 188 Å². The number of aliphatic hydroxyl groups excluding tert-OH is 4. The highest BCUT2D eigenvalue weighted by Gasteiger charge is 2.44. The maximum atomic E-state index is 10.4. The van der Waals surface area contributed by atoms with Crippen molar-refractivity contribution in [2.24, 2.45) is 0 Å². The van der Waals surface area contributed by atoms with E-state index in [2.05, 4.69) is 6.07 Å². The zero-order chi connectivity index (χ0) is 23.5. The Kier molecular flexibility index (Phi) is 7.67. The molecule has 7 heteroatoms. The summed E-state index contributed by atoms with van der Waals surface area (Å²) < 4.78 is 5.65. The van der Waals surface area contributed by atoms with Crippen molar-refractivity contribution in [1.29, 1.82) is 5.26 Å². The summed E-state index contributed by atoms with van der Waals surface area (Å²) >= 11 is 0. The molecule has 32 heavy (non-hydrogen) atoms. The van der Waals surface area contributed by atoms with Crippen molar-refractivity contribution in [1.82, 2.24) is 0 Å². The van der Waals surface area contributed by atoms with Crippen LogP contribution in [-0.2, 0) is 17.6 Å². The van der Waals surface area contributed by atoms with Crippen molar-refractivity contribution in [3.05, 3.63) is 70.3 Å². The molecule has 2 aromatic rings. The normalized spacial score (nSPS) is 26.0. The Balaban J connectivity index is 1.80. The summed E-state index contributed by atoms with van der Waals surface area (Å²) in [5.41, 5.74) is 3.19. The molecule has 0 aromatic heterocycles. The molecule has 0 spiro atoms. The smallest absolute Gasteiger partial charge is 0.113 e. The van der Waals surface area contributed by atoms with Gasteiger partial charge in [-0.15, -0.1) is 0 Å². The average Bonchev–Trinajstić information content (AvgIpc) is 2.77. The fourth-order valence-electron chi connectivity index (χ4n) is 3.92. The lowest BCUT2D eigenvalue weighted by Crippen LogP contribution is -2.55. The fourth-order valence-corrected chi connectivity index (χ4v) is 3.92. The third-order valence-electron chi connectivity index (χ3n) is 5.91. The number of aliphatic hydroxyl groups is 5. The van der Waals surface area contributed by atoms with Crippen molar-refractivity contribution < 1.29 is 30.3 Å². The number of benzene rings is 2. The molecule has 0 bridgehead atoms. The number of nitriles is 1. The highest BCUT2D eigenvalue weighted by Crippen LogP contribution is 2.33. The number of nitrogens with zero attached hydrogens (tertiary/aromatic N) is 1. The van der Waals surface area contributed by atoms with Crippen molar-refractivity contribution in [2.45, 2.75) is 69.2 Å². The second-order valence-electron chi connectivity index (χ2n) is 9.08. The van der Waals surface area contributed by atoms with E-state index in [1.807, 2.05) is 24.3 Å². The summed E-state index contributed by atoms with van der Waals surface area (Å²) in [4.78, 5) is 0. The second kappa shape index (κ2) is 10.1. The van der Waals surface area contributed by atoms with Gasteiger partial charge in [0.15, 0.2) is 0 Å². The zero-order valence-electron chi connectivity index (χ0n) is 18.3.